The molecule has 0 aliphatic carbocycles. The van der Waals surface area contributed by atoms with Crippen molar-refractivity contribution in [2.45, 2.75) is 38.3 Å². The van der Waals surface area contributed by atoms with Gasteiger partial charge in [-0.15, -0.1) is 5.10 Å². The van der Waals surface area contributed by atoms with Crippen molar-refractivity contribution in [1.82, 2.24) is 34.6 Å². The topological polar surface area (TPSA) is 157 Å². The number of ether oxygens (including phenoxy) is 3. The van der Waals surface area contributed by atoms with Crippen LogP contribution in [0.15, 0.2) is 61.1 Å². The number of likely N-dealkylation sites (tertiary alicyclic amines) is 1. The van der Waals surface area contributed by atoms with Crippen molar-refractivity contribution in [2.24, 2.45) is 0 Å². The molecule has 0 saturated carbocycles. The van der Waals surface area contributed by atoms with Gasteiger partial charge in [-0.25, -0.2) is 24.2 Å². The highest BCUT2D eigenvalue weighted by Crippen LogP contribution is 2.33. The average molecular weight is 646 g/mol. The number of fused-ring (bicyclic) bond motifs is 1. The largest absolute Gasteiger partial charge is 0.379 e. The second-order valence-electron chi connectivity index (χ2n) is 11.4. The number of nitrogens with zero attached hydrogens (tertiary/aromatic N) is 7. The highest BCUT2D eigenvalue weighted by molar-refractivity contribution is 6.23. The Morgan fingerprint density at radius 3 is 2.53 bits per heavy atom. The zero-order valence-corrected chi connectivity index (χ0v) is 26.3. The molecule has 5 heterocycles. The van der Waals surface area contributed by atoms with Crippen LogP contribution < -0.4 is 15.5 Å². The molecule has 0 atom stereocenters. The summed E-state index contributed by atoms with van der Waals surface area (Å²) < 4.78 is 19.9. The molecule has 15 nitrogen and oxygen atoms in total. The molecule has 2 aliphatic heterocycles. The van der Waals surface area contributed by atoms with Crippen LogP contribution in [0.2, 0.25) is 0 Å². The third kappa shape index (κ3) is 7.26. The second kappa shape index (κ2) is 14.7. The van der Waals surface area contributed by atoms with Crippen molar-refractivity contribution in [3.05, 3.63) is 61.1 Å². The van der Waals surface area contributed by atoms with Crippen molar-refractivity contribution < 1.29 is 28.6 Å². The average Bonchev–Trinajstić information content (AvgIpc) is 3.79. The number of aromatic nitrogens is 5. The van der Waals surface area contributed by atoms with E-state index < -0.39 is 11.6 Å². The number of carbonyl (C=O) groups is 3. The van der Waals surface area contributed by atoms with Crippen LogP contribution in [0.25, 0.3) is 16.9 Å². The summed E-state index contributed by atoms with van der Waals surface area (Å²) in [6, 6.07) is 12.1. The fraction of sp³-hybridized carbons (Fsp3) is 0.438. The minimum absolute atomic E-state index is 0.286. The zero-order valence-electron chi connectivity index (χ0n) is 26.3. The van der Waals surface area contributed by atoms with Crippen molar-refractivity contribution in [3.8, 4) is 11.3 Å². The van der Waals surface area contributed by atoms with Crippen molar-refractivity contribution in [3.63, 3.8) is 0 Å². The van der Waals surface area contributed by atoms with Gasteiger partial charge >= 0.3 is 12.1 Å². The number of hydrogen-bond acceptors (Lipinski definition) is 9. The Morgan fingerprint density at radius 2 is 1.74 bits per heavy atom. The summed E-state index contributed by atoms with van der Waals surface area (Å²) in [6.45, 7) is 6.57. The normalized spacial score (nSPS) is 15.9. The summed E-state index contributed by atoms with van der Waals surface area (Å²) >= 11 is 0. The minimum Gasteiger partial charge on any atom is -0.379 e. The van der Waals surface area contributed by atoms with E-state index in [1.54, 1.807) is 32.3 Å². The van der Waals surface area contributed by atoms with Crippen molar-refractivity contribution in [2.75, 3.05) is 62.9 Å². The predicted octanol–water partition coefficient (Wildman–Crippen LogP) is 3.18. The fourth-order valence-electron chi connectivity index (χ4n) is 5.69. The molecular weight excluding hydrogens is 606 g/mol. The summed E-state index contributed by atoms with van der Waals surface area (Å²) in [7, 11) is 0. The molecule has 1 aromatic carbocycles. The number of hydrogen-bond donors (Lipinski definition) is 2. The van der Waals surface area contributed by atoms with Gasteiger partial charge in [0.25, 0.3) is 5.91 Å². The Morgan fingerprint density at radius 1 is 0.979 bits per heavy atom. The zero-order chi connectivity index (χ0) is 32.6. The van der Waals surface area contributed by atoms with Gasteiger partial charge in [0, 0.05) is 37.1 Å². The first kappa shape index (κ1) is 32.1. The summed E-state index contributed by atoms with van der Waals surface area (Å²) in [5.41, 5.74) is 1.65. The van der Waals surface area contributed by atoms with E-state index in [9.17, 15) is 14.4 Å². The predicted molar refractivity (Wildman–Crippen MR) is 172 cm³/mol. The number of rotatable bonds is 14. The molecule has 1 spiro atoms. The first-order chi connectivity index (χ1) is 23.0. The number of carbonyl (C=O) groups excluding carboxylic acids is 3. The molecule has 248 valence electrons. The smallest absolute Gasteiger partial charge is 0.330 e. The maximum atomic E-state index is 13.6. The SMILES string of the molecule is CCCOCCOCCOCCn1cc(-c2cccc(NC(=O)N3CCC4(CC3)NC(=O)N(c3cnc5ccccn35)C4=O)c2)nn1. The van der Waals surface area contributed by atoms with Crippen molar-refractivity contribution >= 4 is 35.1 Å². The van der Waals surface area contributed by atoms with Crippen LogP contribution in [-0.4, -0.2) is 106 Å². The summed E-state index contributed by atoms with van der Waals surface area (Å²) in [5, 5.41) is 14.3. The molecule has 2 saturated heterocycles. The van der Waals surface area contributed by atoms with E-state index in [1.165, 1.54) is 6.20 Å². The van der Waals surface area contributed by atoms with Crippen LogP contribution in [0.3, 0.4) is 0 Å². The van der Waals surface area contributed by atoms with Crippen LogP contribution in [0, 0.1) is 0 Å². The molecule has 2 N–H and O–H groups in total. The number of imide groups is 1. The molecule has 0 unspecified atom stereocenters. The molecule has 6 rings (SSSR count). The first-order valence-corrected chi connectivity index (χ1v) is 15.9. The molecule has 4 aromatic rings. The summed E-state index contributed by atoms with van der Waals surface area (Å²) in [4.78, 5) is 46.9. The van der Waals surface area contributed by atoms with Gasteiger partial charge in [-0.3, -0.25) is 9.20 Å². The number of amides is 5. The maximum absolute atomic E-state index is 13.6. The second-order valence-corrected chi connectivity index (χ2v) is 11.4. The van der Waals surface area contributed by atoms with Crippen LogP contribution >= 0.6 is 0 Å². The van der Waals surface area contributed by atoms with E-state index in [1.807, 2.05) is 36.5 Å². The molecule has 15 heteroatoms. The number of piperidine rings is 1. The number of urea groups is 2. The number of nitrogens with one attached hydrogen (secondary N) is 2. The molecule has 2 fully saturated rings. The highest BCUT2D eigenvalue weighted by atomic mass is 16.5. The van der Waals surface area contributed by atoms with Gasteiger partial charge in [0.05, 0.1) is 52.0 Å². The third-order valence-electron chi connectivity index (χ3n) is 8.20. The molecule has 3 aromatic heterocycles. The molecule has 0 radical (unpaired) electrons. The lowest BCUT2D eigenvalue weighted by molar-refractivity contribution is -0.123. The summed E-state index contributed by atoms with van der Waals surface area (Å²) in [5.74, 6) is 0.0526. The molecule has 2 aliphatic rings. The van der Waals surface area contributed by atoms with E-state index in [0.717, 1.165) is 23.5 Å². The van der Waals surface area contributed by atoms with Gasteiger partial charge in [-0.05, 0) is 43.5 Å². The van der Waals surface area contributed by atoms with Gasteiger partial charge in [-0.1, -0.05) is 30.3 Å². The number of anilines is 2. The maximum Gasteiger partial charge on any atom is 0.330 e. The van der Waals surface area contributed by atoms with E-state index in [4.69, 9.17) is 14.2 Å². The highest BCUT2D eigenvalue weighted by Gasteiger charge is 2.54. The Labute approximate surface area is 271 Å². The monoisotopic (exact) mass is 645 g/mol. The number of imidazole rings is 1. The van der Waals surface area contributed by atoms with Gasteiger partial charge in [0.2, 0.25) is 0 Å². The standard InChI is InChI=1S/C32H39N9O6/c1-2-15-45-17-19-47-20-18-46-16-14-39-23-26(36-37-39)24-6-5-7-25(21-24)34-30(43)38-12-9-32(10-13-38)29(42)41(31(44)35-32)28-22-33-27-8-3-4-11-40(27)28/h3-8,11,21-23H,2,9-10,12-20H2,1H3,(H,34,43)(H,35,44). The van der Waals surface area contributed by atoms with Crippen LogP contribution in [0.5, 0.6) is 0 Å². The molecule has 0 bridgehead atoms. The Bertz CT molecular complexity index is 1700. The van der Waals surface area contributed by atoms with E-state index in [0.29, 0.717) is 88.4 Å². The minimum atomic E-state index is -1.07. The first-order valence-electron chi connectivity index (χ1n) is 15.9. The fourth-order valence-corrected chi connectivity index (χ4v) is 5.69. The number of benzene rings is 1. The molecular formula is C32H39N9O6. The van der Waals surface area contributed by atoms with Gasteiger partial charge in [0.1, 0.15) is 22.7 Å². The quantitative estimate of drug-likeness (QED) is 0.155. The van der Waals surface area contributed by atoms with Crippen LogP contribution in [0.1, 0.15) is 26.2 Å². The Hall–Kier alpha value is -4.86. The lowest BCUT2D eigenvalue weighted by atomic mass is 9.87. The lowest BCUT2D eigenvalue weighted by Crippen LogP contribution is -2.56. The number of pyridine rings is 1. The van der Waals surface area contributed by atoms with Crippen LogP contribution in [-0.2, 0) is 25.5 Å². The third-order valence-corrected chi connectivity index (χ3v) is 8.20. The van der Waals surface area contributed by atoms with Gasteiger partial charge < -0.3 is 29.7 Å². The molecule has 5 amide bonds. The lowest BCUT2D eigenvalue weighted by Gasteiger charge is -2.37. The molecule has 47 heavy (non-hydrogen) atoms. The Kier molecular flexibility index (Phi) is 10.0. The van der Waals surface area contributed by atoms with E-state index >= 15 is 0 Å². The summed E-state index contributed by atoms with van der Waals surface area (Å²) in [6.07, 6.45) is 6.70. The van der Waals surface area contributed by atoms with Crippen LogP contribution in [0.4, 0.5) is 21.1 Å². The van der Waals surface area contributed by atoms with E-state index in [2.05, 4.69) is 32.9 Å². The van der Waals surface area contributed by atoms with Gasteiger partial charge in [0.15, 0.2) is 0 Å². The van der Waals surface area contributed by atoms with Gasteiger partial charge in [-0.2, -0.15) is 0 Å². The van der Waals surface area contributed by atoms with E-state index in [-0.39, 0.29) is 11.9 Å². The Balaban J connectivity index is 0.969. The van der Waals surface area contributed by atoms with Crippen molar-refractivity contribution in [1.29, 1.82) is 0 Å².